The number of amides is 1. The Labute approximate surface area is 120 Å². The highest BCUT2D eigenvalue weighted by molar-refractivity contribution is 6.12. The molecular formula is C17H11F2NO. The fraction of sp³-hybridized carbons (Fsp3) is 0. The van der Waals surface area contributed by atoms with Gasteiger partial charge in [0.1, 0.15) is 0 Å². The number of anilines is 1. The SMILES string of the molecule is O=C(Nc1ccc(F)c(F)c1)c1cccc2ccccc12. The Hall–Kier alpha value is -2.75. The van der Waals surface area contributed by atoms with E-state index in [1.165, 1.54) is 6.07 Å². The van der Waals surface area contributed by atoms with Crippen molar-refractivity contribution in [1.29, 1.82) is 0 Å². The summed E-state index contributed by atoms with van der Waals surface area (Å²) in [5.74, 6) is -2.30. The molecule has 0 spiro atoms. The molecule has 0 atom stereocenters. The molecule has 4 heteroatoms. The van der Waals surface area contributed by atoms with Crippen molar-refractivity contribution in [3.63, 3.8) is 0 Å². The van der Waals surface area contributed by atoms with E-state index in [2.05, 4.69) is 5.32 Å². The zero-order chi connectivity index (χ0) is 14.8. The summed E-state index contributed by atoms with van der Waals surface area (Å²) in [5.41, 5.74) is 0.699. The van der Waals surface area contributed by atoms with E-state index in [9.17, 15) is 13.6 Å². The lowest BCUT2D eigenvalue weighted by Crippen LogP contribution is -2.12. The molecule has 0 aliphatic heterocycles. The maximum Gasteiger partial charge on any atom is 0.256 e. The maximum atomic E-state index is 13.2. The van der Waals surface area contributed by atoms with Gasteiger partial charge in [-0.2, -0.15) is 0 Å². The average Bonchev–Trinajstić information content (AvgIpc) is 2.50. The topological polar surface area (TPSA) is 29.1 Å². The summed E-state index contributed by atoms with van der Waals surface area (Å²) in [5, 5.41) is 4.32. The predicted molar refractivity (Wildman–Crippen MR) is 78.3 cm³/mol. The summed E-state index contributed by atoms with van der Waals surface area (Å²) < 4.78 is 26.0. The van der Waals surface area contributed by atoms with Crippen LogP contribution in [-0.2, 0) is 0 Å². The van der Waals surface area contributed by atoms with Crippen LogP contribution in [0.15, 0.2) is 60.7 Å². The summed E-state index contributed by atoms with van der Waals surface area (Å²) in [7, 11) is 0. The van der Waals surface area contributed by atoms with E-state index in [0.717, 1.165) is 22.9 Å². The van der Waals surface area contributed by atoms with Crippen molar-refractivity contribution in [2.75, 3.05) is 5.32 Å². The van der Waals surface area contributed by atoms with Crippen LogP contribution in [0.25, 0.3) is 10.8 Å². The molecule has 0 bridgehead atoms. The minimum atomic E-state index is -0.995. The molecule has 0 unspecified atom stereocenters. The summed E-state index contributed by atoms with van der Waals surface area (Å²) in [6, 6.07) is 16.1. The summed E-state index contributed by atoms with van der Waals surface area (Å²) in [6.07, 6.45) is 0. The second kappa shape index (κ2) is 5.32. The summed E-state index contributed by atoms with van der Waals surface area (Å²) >= 11 is 0. The molecular weight excluding hydrogens is 272 g/mol. The Balaban J connectivity index is 1.95. The average molecular weight is 283 g/mol. The number of carbonyl (C=O) groups excluding carboxylic acids is 1. The highest BCUT2D eigenvalue weighted by Gasteiger charge is 2.11. The van der Waals surface area contributed by atoms with Crippen LogP contribution in [0.4, 0.5) is 14.5 Å². The van der Waals surface area contributed by atoms with E-state index in [1.54, 1.807) is 12.1 Å². The van der Waals surface area contributed by atoms with Gasteiger partial charge in [0.2, 0.25) is 0 Å². The van der Waals surface area contributed by atoms with Crippen LogP contribution < -0.4 is 5.32 Å². The number of benzene rings is 3. The van der Waals surface area contributed by atoms with Gasteiger partial charge in [0.25, 0.3) is 5.91 Å². The quantitative estimate of drug-likeness (QED) is 0.743. The number of nitrogens with one attached hydrogen (secondary N) is 1. The van der Waals surface area contributed by atoms with Crippen LogP contribution in [0.3, 0.4) is 0 Å². The first-order valence-electron chi connectivity index (χ1n) is 6.39. The minimum Gasteiger partial charge on any atom is -0.322 e. The van der Waals surface area contributed by atoms with E-state index in [1.807, 2.05) is 30.3 Å². The Bertz CT molecular complexity index is 825. The van der Waals surface area contributed by atoms with Crippen LogP contribution in [0.1, 0.15) is 10.4 Å². The number of fused-ring (bicyclic) bond motifs is 1. The molecule has 21 heavy (non-hydrogen) atoms. The highest BCUT2D eigenvalue weighted by atomic mass is 19.2. The molecule has 0 radical (unpaired) electrons. The van der Waals surface area contributed by atoms with Crippen molar-refractivity contribution in [3.8, 4) is 0 Å². The number of hydrogen-bond acceptors (Lipinski definition) is 1. The molecule has 2 nitrogen and oxygen atoms in total. The lowest BCUT2D eigenvalue weighted by atomic mass is 10.0. The van der Waals surface area contributed by atoms with Crippen molar-refractivity contribution in [2.45, 2.75) is 0 Å². The molecule has 104 valence electrons. The Kier molecular flexibility index (Phi) is 3.36. The van der Waals surface area contributed by atoms with Gasteiger partial charge in [-0.1, -0.05) is 36.4 Å². The molecule has 0 heterocycles. The zero-order valence-corrected chi connectivity index (χ0v) is 10.9. The molecule has 0 aliphatic rings. The van der Waals surface area contributed by atoms with Gasteiger partial charge in [0.15, 0.2) is 11.6 Å². The standard InChI is InChI=1S/C17H11F2NO/c18-15-9-8-12(10-16(15)19)20-17(21)14-7-3-5-11-4-1-2-6-13(11)14/h1-10H,(H,20,21). The number of halogens is 2. The zero-order valence-electron chi connectivity index (χ0n) is 10.9. The number of carbonyl (C=O) groups is 1. The van der Waals surface area contributed by atoms with Crippen LogP contribution >= 0.6 is 0 Å². The van der Waals surface area contributed by atoms with Gasteiger partial charge < -0.3 is 5.32 Å². The monoisotopic (exact) mass is 283 g/mol. The minimum absolute atomic E-state index is 0.215. The molecule has 0 aliphatic carbocycles. The molecule has 0 saturated heterocycles. The van der Waals surface area contributed by atoms with E-state index >= 15 is 0 Å². The van der Waals surface area contributed by atoms with Gasteiger partial charge in [-0.05, 0) is 29.0 Å². The predicted octanol–water partition coefficient (Wildman–Crippen LogP) is 4.37. The second-order valence-corrected chi connectivity index (χ2v) is 4.61. The van der Waals surface area contributed by atoms with E-state index in [-0.39, 0.29) is 11.6 Å². The third kappa shape index (κ3) is 2.60. The van der Waals surface area contributed by atoms with Crippen molar-refractivity contribution in [3.05, 3.63) is 77.9 Å². The fourth-order valence-electron chi connectivity index (χ4n) is 2.20. The van der Waals surface area contributed by atoms with Crippen molar-refractivity contribution in [2.24, 2.45) is 0 Å². The molecule has 3 aromatic rings. The smallest absolute Gasteiger partial charge is 0.256 e. The molecule has 0 fully saturated rings. The lowest BCUT2D eigenvalue weighted by molar-refractivity contribution is 0.102. The van der Waals surface area contributed by atoms with Gasteiger partial charge >= 0.3 is 0 Å². The van der Waals surface area contributed by atoms with Gasteiger partial charge in [-0.25, -0.2) is 8.78 Å². The van der Waals surface area contributed by atoms with E-state index < -0.39 is 11.6 Å². The largest absolute Gasteiger partial charge is 0.322 e. The first-order valence-corrected chi connectivity index (χ1v) is 6.39. The maximum absolute atomic E-state index is 13.2. The first-order chi connectivity index (χ1) is 10.1. The number of rotatable bonds is 2. The van der Waals surface area contributed by atoms with Crippen LogP contribution in [-0.4, -0.2) is 5.91 Å². The van der Waals surface area contributed by atoms with Crippen molar-refractivity contribution < 1.29 is 13.6 Å². The second-order valence-electron chi connectivity index (χ2n) is 4.61. The van der Waals surface area contributed by atoms with Gasteiger partial charge in [0, 0.05) is 17.3 Å². The van der Waals surface area contributed by atoms with Crippen LogP contribution in [0.5, 0.6) is 0 Å². The fourth-order valence-corrected chi connectivity index (χ4v) is 2.20. The molecule has 1 amide bonds. The van der Waals surface area contributed by atoms with E-state index in [4.69, 9.17) is 0 Å². The van der Waals surface area contributed by atoms with Crippen molar-refractivity contribution >= 4 is 22.4 Å². The Morgan fingerprint density at radius 3 is 2.43 bits per heavy atom. The molecule has 3 aromatic carbocycles. The molecule has 1 N–H and O–H groups in total. The molecule has 0 saturated carbocycles. The van der Waals surface area contributed by atoms with Gasteiger partial charge in [-0.15, -0.1) is 0 Å². The highest BCUT2D eigenvalue weighted by Crippen LogP contribution is 2.20. The molecule has 0 aromatic heterocycles. The Morgan fingerprint density at radius 2 is 1.62 bits per heavy atom. The Morgan fingerprint density at radius 1 is 0.857 bits per heavy atom. The normalized spacial score (nSPS) is 10.6. The lowest BCUT2D eigenvalue weighted by Gasteiger charge is -2.08. The van der Waals surface area contributed by atoms with Crippen molar-refractivity contribution in [1.82, 2.24) is 0 Å². The van der Waals surface area contributed by atoms with Gasteiger partial charge in [-0.3, -0.25) is 4.79 Å². The molecule has 3 rings (SSSR count). The van der Waals surface area contributed by atoms with E-state index in [0.29, 0.717) is 5.56 Å². The number of hydrogen-bond donors (Lipinski definition) is 1. The van der Waals surface area contributed by atoms with Crippen LogP contribution in [0, 0.1) is 11.6 Å². The van der Waals surface area contributed by atoms with Gasteiger partial charge in [0.05, 0.1) is 0 Å². The third-order valence-corrected chi connectivity index (χ3v) is 3.21. The first kappa shape index (κ1) is 13.2. The van der Waals surface area contributed by atoms with Crippen LogP contribution in [0.2, 0.25) is 0 Å². The summed E-state index contributed by atoms with van der Waals surface area (Å²) in [6.45, 7) is 0. The third-order valence-electron chi connectivity index (χ3n) is 3.21. The summed E-state index contributed by atoms with van der Waals surface area (Å²) in [4.78, 5) is 12.3.